The van der Waals surface area contributed by atoms with Gasteiger partial charge in [0, 0.05) is 0 Å². The van der Waals surface area contributed by atoms with Crippen LogP contribution in [0.3, 0.4) is 0 Å². The van der Waals surface area contributed by atoms with Crippen molar-refractivity contribution in [3.63, 3.8) is 0 Å². The van der Waals surface area contributed by atoms with E-state index in [0.29, 0.717) is 19.9 Å². The molecular weight excluding hydrogens is 90.9 g/mol. The van der Waals surface area contributed by atoms with Gasteiger partial charge in [0.1, 0.15) is 0 Å². The minimum atomic E-state index is 0.292. The van der Waals surface area contributed by atoms with Gasteiger partial charge >= 0.3 is 7.69 Å². The largest absolute Gasteiger partial charge is 0.438 e. The molecule has 2 nitrogen and oxygen atoms in total. The van der Waals surface area contributed by atoms with E-state index in [0.717, 1.165) is 0 Å². The maximum Gasteiger partial charge on any atom is 0.438 e. The SMILES string of the molecule is C[C@@H]1OBO[C@H]1C. The third-order valence-electron chi connectivity index (χ3n) is 1.32. The first kappa shape index (κ1) is 5.13. The highest BCUT2D eigenvalue weighted by Gasteiger charge is 2.20. The van der Waals surface area contributed by atoms with Crippen LogP contribution in [-0.2, 0) is 9.31 Å². The first-order valence-corrected chi connectivity index (χ1v) is 2.54. The van der Waals surface area contributed by atoms with Crippen LogP contribution >= 0.6 is 0 Å². The molecule has 0 aromatic carbocycles. The molecule has 0 amide bonds. The molecule has 0 aromatic heterocycles. The van der Waals surface area contributed by atoms with Crippen molar-refractivity contribution in [2.45, 2.75) is 26.1 Å². The Morgan fingerprint density at radius 2 is 1.57 bits per heavy atom. The average Bonchev–Trinajstić information content (AvgIpc) is 1.91. The Morgan fingerprint density at radius 3 is 1.71 bits per heavy atom. The second-order valence-corrected chi connectivity index (χ2v) is 1.86. The second kappa shape index (κ2) is 1.84. The van der Waals surface area contributed by atoms with Gasteiger partial charge in [-0.15, -0.1) is 0 Å². The molecule has 1 saturated heterocycles. The fourth-order valence-corrected chi connectivity index (χ4v) is 0.525. The van der Waals surface area contributed by atoms with E-state index < -0.39 is 0 Å². The van der Waals surface area contributed by atoms with Crippen LogP contribution in [0.15, 0.2) is 0 Å². The van der Waals surface area contributed by atoms with Crippen molar-refractivity contribution < 1.29 is 9.31 Å². The van der Waals surface area contributed by atoms with Gasteiger partial charge in [0.05, 0.1) is 12.2 Å². The van der Waals surface area contributed by atoms with Gasteiger partial charge in [0.25, 0.3) is 0 Å². The molecule has 7 heavy (non-hydrogen) atoms. The molecule has 0 radical (unpaired) electrons. The van der Waals surface area contributed by atoms with Gasteiger partial charge in [0.2, 0.25) is 0 Å². The summed E-state index contributed by atoms with van der Waals surface area (Å²) < 4.78 is 10.1. The summed E-state index contributed by atoms with van der Waals surface area (Å²) in [5, 5.41) is 0. The van der Waals surface area contributed by atoms with Crippen molar-refractivity contribution in [1.29, 1.82) is 0 Å². The number of hydrogen-bond acceptors (Lipinski definition) is 2. The molecule has 0 spiro atoms. The van der Waals surface area contributed by atoms with E-state index >= 15 is 0 Å². The Balaban J connectivity index is 2.33. The highest BCUT2D eigenvalue weighted by Crippen LogP contribution is 2.07. The molecule has 2 atom stereocenters. The first-order valence-electron chi connectivity index (χ1n) is 2.54. The summed E-state index contributed by atoms with van der Waals surface area (Å²) in [6, 6.07) is 0. The van der Waals surface area contributed by atoms with Crippen LogP contribution < -0.4 is 0 Å². The molecule has 1 aliphatic rings. The lowest BCUT2D eigenvalue weighted by atomic mass is 10.3. The third kappa shape index (κ3) is 0.953. The van der Waals surface area contributed by atoms with E-state index in [1.165, 1.54) is 0 Å². The molecule has 40 valence electrons. The van der Waals surface area contributed by atoms with Crippen molar-refractivity contribution >= 4 is 7.69 Å². The number of hydrogen-bond donors (Lipinski definition) is 0. The van der Waals surface area contributed by atoms with Crippen LogP contribution in [-0.4, -0.2) is 19.9 Å². The fourth-order valence-electron chi connectivity index (χ4n) is 0.525. The van der Waals surface area contributed by atoms with Crippen LogP contribution in [0, 0.1) is 0 Å². The molecule has 0 bridgehead atoms. The lowest BCUT2D eigenvalue weighted by Crippen LogP contribution is -2.13. The lowest BCUT2D eigenvalue weighted by molar-refractivity contribution is 0.187. The Hall–Kier alpha value is -0.0151. The van der Waals surface area contributed by atoms with Gasteiger partial charge in [-0.25, -0.2) is 0 Å². The van der Waals surface area contributed by atoms with Crippen molar-refractivity contribution in [3.8, 4) is 0 Å². The van der Waals surface area contributed by atoms with Gasteiger partial charge in [-0.1, -0.05) is 0 Å². The van der Waals surface area contributed by atoms with E-state index in [1.54, 1.807) is 0 Å². The standard InChI is InChI=1S/C4H9BO2/c1-3-4(2)7-5-6-3/h3-5H,1-2H3/t3-,4-/m0/s1. The molecule has 1 fully saturated rings. The molecule has 1 aliphatic heterocycles. The maximum atomic E-state index is 5.04. The highest BCUT2D eigenvalue weighted by atomic mass is 16.6. The minimum Gasteiger partial charge on any atom is -0.409 e. The monoisotopic (exact) mass is 100 g/mol. The fraction of sp³-hybridized carbons (Fsp3) is 1.00. The summed E-state index contributed by atoms with van der Waals surface area (Å²) in [6.45, 7) is 4.02. The van der Waals surface area contributed by atoms with Gasteiger partial charge < -0.3 is 9.31 Å². The van der Waals surface area contributed by atoms with Crippen molar-refractivity contribution in [1.82, 2.24) is 0 Å². The maximum absolute atomic E-state index is 5.04. The topological polar surface area (TPSA) is 18.5 Å². The molecule has 0 N–H and O–H groups in total. The van der Waals surface area contributed by atoms with Gasteiger partial charge in [0.15, 0.2) is 0 Å². The zero-order valence-electron chi connectivity index (χ0n) is 4.68. The molecular formula is C4H9BO2. The molecule has 3 heteroatoms. The van der Waals surface area contributed by atoms with Gasteiger partial charge in [-0.05, 0) is 13.8 Å². The lowest BCUT2D eigenvalue weighted by Gasteiger charge is -2.04. The summed E-state index contributed by atoms with van der Waals surface area (Å²) in [5.74, 6) is 0. The smallest absolute Gasteiger partial charge is 0.409 e. The van der Waals surface area contributed by atoms with Gasteiger partial charge in [-0.2, -0.15) is 0 Å². The highest BCUT2D eigenvalue weighted by molar-refractivity contribution is 6.19. The van der Waals surface area contributed by atoms with Crippen molar-refractivity contribution in [3.05, 3.63) is 0 Å². The summed E-state index contributed by atoms with van der Waals surface area (Å²) in [4.78, 5) is 0. The first-order chi connectivity index (χ1) is 3.30. The van der Waals surface area contributed by atoms with Crippen molar-refractivity contribution in [2.24, 2.45) is 0 Å². The minimum absolute atomic E-state index is 0.292. The Kier molecular flexibility index (Phi) is 1.35. The molecule has 1 heterocycles. The predicted octanol–water partition coefficient (Wildman–Crippen LogP) is 0.0767. The van der Waals surface area contributed by atoms with Crippen LogP contribution in [0.5, 0.6) is 0 Å². The quantitative estimate of drug-likeness (QED) is 0.401. The van der Waals surface area contributed by atoms with Crippen LogP contribution in [0.2, 0.25) is 0 Å². The summed E-state index contributed by atoms with van der Waals surface area (Å²) in [5.41, 5.74) is 0. The zero-order chi connectivity index (χ0) is 5.28. The van der Waals surface area contributed by atoms with Crippen LogP contribution in [0.1, 0.15) is 13.8 Å². The molecule has 0 unspecified atom stereocenters. The van der Waals surface area contributed by atoms with E-state index in [-0.39, 0.29) is 0 Å². The zero-order valence-corrected chi connectivity index (χ0v) is 4.68. The van der Waals surface area contributed by atoms with E-state index in [2.05, 4.69) is 0 Å². The second-order valence-electron chi connectivity index (χ2n) is 1.86. The molecule has 0 saturated carbocycles. The third-order valence-corrected chi connectivity index (χ3v) is 1.32. The Labute approximate surface area is 44.1 Å². The van der Waals surface area contributed by atoms with Gasteiger partial charge in [-0.3, -0.25) is 0 Å². The average molecular weight is 99.9 g/mol. The number of rotatable bonds is 0. The molecule has 0 aliphatic carbocycles. The summed E-state index contributed by atoms with van der Waals surface area (Å²) in [7, 11) is 0.475. The predicted molar refractivity (Wildman–Crippen MR) is 28.2 cm³/mol. The Morgan fingerprint density at radius 1 is 1.14 bits per heavy atom. The van der Waals surface area contributed by atoms with E-state index in [9.17, 15) is 0 Å². The van der Waals surface area contributed by atoms with Crippen LogP contribution in [0.4, 0.5) is 0 Å². The molecule has 1 rings (SSSR count). The molecule has 0 aromatic rings. The van der Waals surface area contributed by atoms with E-state index in [1.807, 2.05) is 13.8 Å². The Bertz CT molecular complexity index is 58.7. The summed E-state index contributed by atoms with van der Waals surface area (Å²) >= 11 is 0. The van der Waals surface area contributed by atoms with E-state index in [4.69, 9.17) is 9.31 Å². The normalized spacial score (nSPS) is 40.9. The van der Waals surface area contributed by atoms with Crippen LogP contribution in [0.25, 0.3) is 0 Å². The summed E-state index contributed by atoms with van der Waals surface area (Å²) in [6.07, 6.45) is 0.583. The van der Waals surface area contributed by atoms with Crippen molar-refractivity contribution in [2.75, 3.05) is 0 Å².